The molecule has 0 radical (unpaired) electrons. The molecule has 0 saturated carbocycles. The molecule has 11 heteroatoms. The van der Waals surface area contributed by atoms with Crippen LogP contribution in [-0.4, -0.2) is 69.9 Å². The number of anilines is 4. The monoisotopic (exact) mass is 463 g/mol. The van der Waals surface area contributed by atoms with E-state index in [1.807, 2.05) is 63.2 Å². The van der Waals surface area contributed by atoms with Crippen LogP contribution in [0, 0.1) is 0 Å². The molecule has 11 nitrogen and oxygen atoms in total. The fourth-order valence-corrected chi connectivity index (χ4v) is 4.80. The topological polar surface area (TPSA) is 166 Å². The molecule has 0 spiro atoms. The lowest BCUT2D eigenvalue weighted by atomic mass is 10.0. The van der Waals surface area contributed by atoms with Crippen molar-refractivity contribution in [3.63, 3.8) is 0 Å². The van der Waals surface area contributed by atoms with E-state index in [1.165, 1.54) is 0 Å². The standard InChI is InChI=1S/C23H33N11/c24-15-9-16(25)12-33(11-15)22-29-21(30-23(31-22)34-13-17(26)10-18(27)14-34)28-19-5-1-2-6-20(19)32-7-3-4-8-32/h1-8,15-18H,9-14,24-27H2,(H,28,29,30,31)/t15-,16+,17-,18+. The minimum atomic E-state index is -0.0355. The number of aromatic nitrogens is 4. The van der Waals surface area contributed by atoms with Gasteiger partial charge < -0.3 is 42.6 Å². The van der Waals surface area contributed by atoms with Crippen LogP contribution in [0.1, 0.15) is 12.8 Å². The summed E-state index contributed by atoms with van der Waals surface area (Å²) >= 11 is 0. The first kappa shape index (κ1) is 22.5. The normalized spacial score (nSPS) is 25.4. The van der Waals surface area contributed by atoms with Gasteiger partial charge in [-0.3, -0.25) is 0 Å². The molecule has 2 fully saturated rings. The molecule has 0 amide bonds. The number of hydrogen-bond acceptors (Lipinski definition) is 10. The van der Waals surface area contributed by atoms with E-state index in [2.05, 4.69) is 5.32 Å². The fourth-order valence-electron chi connectivity index (χ4n) is 4.80. The highest BCUT2D eigenvalue weighted by Crippen LogP contribution is 2.26. The van der Waals surface area contributed by atoms with E-state index in [0.29, 0.717) is 44.0 Å². The van der Waals surface area contributed by atoms with Crippen molar-refractivity contribution in [1.29, 1.82) is 0 Å². The number of nitrogens with one attached hydrogen (secondary N) is 1. The van der Waals surface area contributed by atoms with Crippen LogP contribution in [0.25, 0.3) is 5.69 Å². The highest BCUT2D eigenvalue weighted by atomic mass is 15.4. The van der Waals surface area contributed by atoms with Gasteiger partial charge in [-0.1, -0.05) is 12.1 Å². The first-order valence-electron chi connectivity index (χ1n) is 11.7. The maximum atomic E-state index is 6.25. The average molecular weight is 464 g/mol. The molecule has 4 atom stereocenters. The van der Waals surface area contributed by atoms with Crippen LogP contribution in [0.3, 0.4) is 0 Å². The Morgan fingerprint density at radius 2 is 1.18 bits per heavy atom. The minimum Gasteiger partial charge on any atom is -0.338 e. The lowest BCUT2D eigenvalue weighted by molar-refractivity contribution is 0.441. The maximum Gasteiger partial charge on any atom is 0.233 e. The number of nitrogens with zero attached hydrogens (tertiary/aromatic N) is 6. The van der Waals surface area contributed by atoms with E-state index < -0.39 is 0 Å². The van der Waals surface area contributed by atoms with E-state index in [4.69, 9.17) is 37.9 Å². The average Bonchev–Trinajstić information content (AvgIpc) is 3.33. The second-order valence-corrected chi connectivity index (χ2v) is 9.31. The molecule has 2 aromatic heterocycles. The van der Waals surface area contributed by atoms with Crippen LogP contribution in [0.15, 0.2) is 48.8 Å². The van der Waals surface area contributed by atoms with E-state index in [9.17, 15) is 0 Å². The molecule has 0 aliphatic carbocycles. The molecule has 180 valence electrons. The van der Waals surface area contributed by atoms with Crippen LogP contribution in [0.5, 0.6) is 0 Å². The first-order chi connectivity index (χ1) is 16.4. The zero-order chi connectivity index (χ0) is 23.7. The second kappa shape index (κ2) is 9.55. The number of rotatable bonds is 5. The molecule has 2 saturated heterocycles. The van der Waals surface area contributed by atoms with Crippen molar-refractivity contribution in [3.8, 4) is 5.69 Å². The van der Waals surface area contributed by atoms with Gasteiger partial charge in [0.25, 0.3) is 0 Å². The Bertz CT molecular complexity index is 1040. The van der Waals surface area contributed by atoms with Gasteiger partial charge in [-0.15, -0.1) is 0 Å². The fraction of sp³-hybridized carbons (Fsp3) is 0.435. The lowest BCUT2D eigenvalue weighted by Gasteiger charge is -2.37. The predicted molar refractivity (Wildman–Crippen MR) is 134 cm³/mol. The summed E-state index contributed by atoms with van der Waals surface area (Å²) in [6.07, 6.45) is 5.55. The van der Waals surface area contributed by atoms with Crippen LogP contribution in [0.4, 0.5) is 23.5 Å². The van der Waals surface area contributed by atoms with E-state index in [-0.39, 0.29) is 24.2 Å². The largest absolute Gasteiger partial charge is 0.338 e. The van der Waals surface area contributed by atoms with Gasteiger partial charge in [0.05, 0.1) is 11.4 Å². The molecule has 2 aliphatic rings. The summed E-state index contributed by atoms with van der Waals surface area (Å²) in [5, 5.41) is 3.40. The van der Waals surface area contributed by atoms with Crippen LogP contribution in [0.2, 0.25) is 0 Å². The summed E-state index contributed by atoms with van der Waals surface area (Å²) in [6, 6.07) is 11.8. The smallest absolute Gasteiger partial charge is 0.233 e. The van der Waals surface area contributed by atoms with Crippen molar-refractivity contribution in [2.24, 2.45) is 22.9 Å². The molecule has 0 unspecified atom stereocenters. The maximum absolute atomic E-state index is 6.25. The van der Waals surface area contributed by atoms with Crippen LogP contribution >= 0.6 is 0 Å². The zero-order valence-corrected chi connectivity index (χ0v) is 19.2. The van der Waals surface area contributed by atoms with E-state index in [0.717, 1.165) is 24.2 Å². The molecule has 0 bridgehead atoms. The minimum absolute atomic E-state index is 0.0355. The van der Waals surface area contributed by atoms with Crippen LogP contribution < -0.4 is 38.1 Å². The quantitative estimate of drug-likeness (QED) is 0.351. The molecule has 2 aliphatic heterocycles. The van der Waals surface area contributed by atoms with Gasteiger partial charge >= 0.3 is 0 Å². The van der Waals surface area contributed by atoms with Crippen molar-refractivity contribution in [3.05, 3.63) is 48.8 Å². The van der Waals surface area contributed by atoms with Gasteiger partial charge in [-0.25, -0.2) is 0 Å². The Labute approximate surface area is 199 Å². The second-order valence-electron chi connectivity index (χ2n) is 9.31. The molecule has 1 aromatic carbocycles. The first-order valence-corrected chi connectivity index (χ1v) is 11.7. The number of nitrogens with two attached hydrogens (primary N) is 4. The van der Waals surface area contributed by atoms with Gasteiger partial charge in [0, 0.05) is 62.7 Å². The summed E-state index contributed by atoms with van der Waals surface area (Å²) in [4.78, 5) is 18.4. The summed E-state index contributed by atoms with van der Waals surface area (Å²) in [5.74, 6) is 1.54. The highest BCUT2D eigenvalue weighted by Gasteiger charge is 2.28. The Morgan fingerprint density at radius 3 is 1.71 bits per heavy atom. The van der Waals surface area contributed by atoms with Gasteiger partial charge in [0.1, 0.15) is 0 Å². The van der Waals surface area contributed by atoms with Crippen molar-refractivity contribution in [1.82, 2.24) is 19.5 Å². The van der Waals surface area contributed by atoms with E-state index >= 15 is 0 Å². The molecule has 3 aromatic rings. The summed E-state index contributed by atoms with van der Waals surface area (Å²) in [5.41, 5.74) is 26.9. The molecule has 34 heavy (non-hydrogen) atoms. The molecular weight excluding hydrogens is 430 g/mol. The zero-order valence-electron chi connectivity index (χ0n) is 19.2. The third kappa shape index (κ3) is 4.97. The van der Waals surface area contributed by atoms with Crippen molar-refractivity contribution in [2.45, 2.75) is 37.0 Å². The Hall–Kier alpha value is -3.25. The Balaban J connectivity index is 1.52. The third-order valence-electron chi connectivity index (χ3n) is 6.24. The summed E-state index contributed by atoms with van der Waals surface area (Å²) in [6.45, 7) is 2.54. The van der Waals surface area contributed by atoms with E-state index in [1.54, 1.807) is 0 Å². The van der Waals surface area contributed by atoms with Gasteiger partial charge in [0.2, 0.25) is 17.8 Å². The Morgan fingerprint density at radius 1 is 0.676 bits per heavy atom. The molecule has 9 N–H and O–H groups in total. The summed E-state index contributed by atoms with van der Waals surface area (Å²) < 4.78 is 2.04. The van der Waals surface area contributed by atoms with Gasteiger partial charge in [-0.05, 0) is 37.1 Å². The van der Waals surface area contributed by atoms with Crippen LogP contribution in [-0.2, 0) is 0 Å². The third-order valence-corrected chi connectivity index (χ3v) is 6.24. The number of piperidine rings is 2. The predicted octanol–water partition coefficient (Wildman–Crippen LogP) is 0.135. The number of hydrogen-bond donors (Lipinski definition) is 5. The number of para-hydroxylation sites is 2. The number of benzene rings is 1. The molecular formula is C23H33N11. The Kier molecular flexibility index (Phi) is 6.33. The van der Waals surface area contributed by atoms with Crippen molar-refractivity contribution < 1.29 is 0 Å². The highest BCUT2D eigenvalue weighted by molar-refractivity contribution is 5.67. The SMILES string of the molecule is N[C@@H]1C[C@H](N)CN(c2nc(Nc3ccccc3-n3cccc3)nc(N3C[C@H](N)C[C@H](N)C3)n2)C1. The van der Waals surface area contributed by atoms with Gasteiger partial charge in [-0.2, -0.15) is 15.0 Å². The lowest BCUT2D eigenvalue weighted by Crippen LogP contribution is -2.54. The van der Waals surface area contributed by atoms with Crippen molar-refractivity contribution >= 4 is 23.5 Å². The van der Waals surface area contributed by atoms with Gasteiger partial charge in [0.15, 0.2) is 0 Å². The summed E-state index contributed by atoms with van der Waals surface area (Å²) in [7, 11) is 0. The molecule has 4 heterocycles. The van der Waals surface area contributed by atoms with Crippen molar-refractivity contribution in [2.75, 3.05) is 41.3 Å². The molecule has 5 rings (SSSR count).